The molecule has 0 spiro atoms. The SMILES string of the molecule is CC[C@H]1CCCCN1S(=O)(=O)c1ccc(S(=O)(=O)N(Cc2ccc(OC)c(OC)c2)C2CCCCC2)cc1. The highest BCUT2D eigenvalue weighted by molar-refractivity contribution is 7.89. The van der Waals surface area contributed by atoms with Gasteiger partial charge in [0.15, 0.2) is 11.5 Å². The molecular weight excluding hydrogens is 524 g/mol. The molecular formula is C28H40N2O6S2. The second-order valence-electron chi connectivity index (χ2n) is 10.2. The first kappa shape index (κ1) is 28.9. The van der Waals surface area contributed by atoms with E-state index in [1.54, 1.807) is 28.9 Å². The topological polar surface area (TPSA) is 93.2 Å². The molecule has 10 heteroatoms. The average Bonchev–Trinajstić information content (AvgIpc) is 2.96. The highest BCUT2D eigenvalue weighted by Gasteiger charge is 2.35. The summed E-state index contributed by atoms with van der Waals surface area (Å²) >= 11 is 0. The maximum absolute atomic E-state index is 14.0. The molecule has 0 bridgehead atoms. The van der Waals surface area contributed by atoms with Crippen molar-refractivity contribution in [2.24, 2.45) is 0 Å². The second-order valence-corrected chi connectivity index (χ2v) is 14.0. The molecule has 4 rings (SSSR count). The van der Waals surface area contributed by atoms with Crippen LogP contribution in [-0.4, -0.2) is 58.3 Å². The minimum absolute atomic E-state index is 0.0135. The molecule has 38 heavy (non-hydrogen) atoms. The largest absolute Gasteiger partial charge is 0.493 e. The van der Waals surface area contributed by atoms with Crippen molar-refractivity contribution < 1.29 is 26.3 Å². The molecule has 2 aliphatic rings. The van der Waals surface area contributed by atoms with Crippen LogP contribution in [0, 0.1) is 0 Å². The van der Waals surface area contributed by atoms with Gasteiger partial charge in [-0.25, -0.2) is 16.8 Å². The van der Waals surface area contributed by atoms with Gasteiger partial charge in [0.2, 0.25) is 20.0 Å². The fraction of sp³-hybridized carbons (Fsp3) is 0.571. The fourth-order valence-electron chi connectivity index (χ4n) is 5.69. The van der Waals surface area contributed by atoms with Gasteiger partial charge in [-0.1, -0.05) is 38.7 Å². The van der Waals surface area contributed by atoms with E-state index in [2.05, 4.69) is 0 Å². The number of ether oxygens (including phenoxy) is 2. The smallest absolute Gasteiger partial charge is 0.243 e. The minimum atomic E-state index is -3.88. The Balaban J connectivity index is 1.64. The van der Waals surface area contributed by atoms with Crippen LogP contribution in [0.1, 0.15) is 70.3 Å². The Bertz CT molecular complexity index is 1290. The average molecular weight is 565 g/mol. The summed E-state index contributed by atoms with van der Waals surface area (Å²) in [4.78, 5) is 0.245. The van der Waals surface area contributed by atoms with Gasteiger partial charge in [-0.05, 0) is 74.1 Å². The van der Waals surface area contributed by atoms with E-state index in [4.69, 9.17) is 9.47 Å². The van der Waals surface area contributed by atoms with E-state index in [0.717, 1.165) is 63.4 Å². The normalized spacial score (nSPS) is 19.9. The molecule has 2 aromatic rings. The standard InChI is InChI=1S/C28H40N2O6S2/c1-4-23-10-8-9-19-29(23)37(31,32)25-14-16-26(17-15-25)38(33,34)30(24-11-6-5-7-12-24)21-22-13-18-27(35-2)28(20-22)36-3/h13-18,20,23-24H,4-12,19,21H2,1-3H3/t23-/m0/s1. The monoisotopic (exact) mass is 564 g/mol. The van der Waals surface area contributed by atoms with Gasteiger partial charge >= 0.3 is 0 Å². The molecule has 8 nitrogen and oxygen atoms in total. The van der Waals surface area contributed by atoms with E-state index in [1.807, 2.05) is 19.1 Å². The first-order chi connectivity index (χ1) is 18.2. The summed E-state index contributed by atoms with van der Waals surface area (Å²) in [6.45, 7) is 2.70. The summed E-state index contributed by atoms with van der Waals surface area (Å²) in [5, 5.41) is 0. The van der Waals surface area contributed by atoms with E-state index >= 15 is 0 Å². The Kier molecular flexibility index (Phi) is 9.39. The Morgan fingerprint density at radius 2 is 1.45 bits per heavy atom. The lowest BCUT2D eigenvalue weighted by molar-refractivity contribution is 0.246. The van der Waals surface area contributed by atoms with Crippen LogP contribution in [-0.2, 0) is 26.6 Å². The quantitative estimate of drug-likeness (QED) is 0.395. The molecule has 0 amide bonds. The van der Waals surface area contributed by atoms with Crippen LogP contribution < -0.4 is 9.47 Å². The van der Waals surface area contributed by atoms with Crippen LogP contribution in [0.3, 0.4) is 0 Å². The molecule has 210 valence electrons. The van der Waals surface area contributed by atoms with Crippen molar-refractivity contribution in [3.8, 4) is 11.5 Å². The third kappa shape index (κ3) is 6.03. The lowest BCUT2D eigenvalue weighted by atomic mass is 9.95. The lowest BCUT2D eigenvalue weighted by Gasteiger charge is -2.34. The van der Waals surface area contributed by atoms with E-state index in [0.29, 0.717) is 18.0 Å². The molecule has 0 unspecified atom stereocenters. The van der Waals surface area contributed by atoms with Crippen molar-refractivity contribution in [2.75, 3.05) is 20.8 Å². The molecule has 2 aromatic carbocycles. The third-order valence-corrected chi connectivity index (χ3v) is 11.7. The van der Waals surface area contributed by atoms with Crippen molar-refractivity contribution in [1.29, 1.82) is 0 Å². The molecule has 1 heterocycles. The van der Waals surface area contributed by atoms with Crippen molar-refractivity contribution in [3.63, 3.8) is 0 Å². The van der Waals surface area contributed by atoms with Gasteiger partial charge in [0.05, 0.1) is 24.0 Å². The molecule has 0 aromatic heterocycles. The molecule has 0 radical (unpaired) electrons. The van der Waals surface area contributed by atoms with Crippen LogP contribution >= 0.6 is 0 Å². The molecule has 0 N–H and O–H groups in total. The van der Waals surface area contributed by atoms with Gasteiger partial charge in [0, 0.05) is 25.2 Å². The van der Waals surface area contributed by atoms with E-state index in [1.165, 1.54) is 24.3 Å². The number of rotatable bonds is 10. The van der Waals surface area contributed by atoms with Crippen molar-refractivity contribution in [3.05, 3.63) is 48.0 Å². The zero-order chi connectivity index (χ0) is 27.3. The van der Waals surface area contributed by atoms with Crippen LogP contribution in [0.5, 0.6) is 11.5 Å². The predicted molar refractivity (Wildman–Crippen MR) is 147 cm³/mol. The van der Waals surface area contributed by atoms with E-state index < -0.39 is 20.0 Å². The molecule has 1 saturated heterocycles. The molecule has 1 saturated carbocycles. The van der Waals surface area contributed by atoms with Gasteiger partial charge in [-0.3, -0.25) is 0 Å². The fourth-order valence-corrected chi connectivity index (χ4v) is 9.13. The first-order valence-corrected chi connectivity index (χ1v) is 16.4. The Morgan fingerprint density at radius 1 is 0.816 bits per heavy atom. The number of piperidine rings is 1. The zero-order valence-corrected chi connectivity index (χ0v) is 24.3. The Hall–Kier alpha value is -2.14. The Morgan fingerprint density at radius 3 is 2.08 bits per heavy atom. The van der Waals surface area contributed by atoms with E-state index in [9.17, 15) is 16.8 Å². The number of methoxy groups -OCH3 is 2. The highest BCUT2D eigenvalue weighted by Crippen LogP contribution is 2.33. The molecule has 1 aliphatic heterocycles. The van der Waals surface area contributed by atoms with Crippen LogP contribution in [0.25, 0.3) is 0 Å². The number of benzene rings is 2. The molecule has 1 aliphatic carbocycles. The number of nitrogens with zero attached hydrogens (tertiary/aromatic N) is 2. The molecule has 2 fully saturated rings. The number of sulfonamides is 2. The number of hydrogen-bond donors (Lipinski definition) is 0. The Labute approximate surface area is 228 Å². The van der Waals surface area contributed by atoms with Gasteiger partial charge in [0.25, 0.3) is 0 Å². The van der Waals surface area contributed by atoms with Crippen LogP contribution in [0.4, 0.5) is 0 Å². The second kappa shape index (κ2) is 12.4. The van der Waals surface area contributed by atoms with Crippen molar-refractivity contribution >= 4 is 20.0 Å². The minimum Gasteiger partial charge on any atom is -0.493 e. The predicted octanol–water partition coefficient (Wildman–Crippen LogP) is 5.18. The zero-order valence-electron chi connectivity index (χ0n) is 22.6. The summed E-state index contributed by atoms with van der Waals surface area (Å²) in [7, 11) is -4.46. The number of hydrogen-bond acceptors (Lipinski definition) is 6. The summed E-state index contributed by atoms with van der Waals surface area (Å²) in [6, 6.07) is 11.1. The van der Waals surface area contributed by atoms with Crippen LogP contribution in [0.15, 0.2) is 52.3 Å². The summed E-state index contributed by atoms with van der Waals surface area (Å²) in [5.74, 6) is 1.13. The molecule has 1 atom stereocenters. The van der Waals surface area contributed by atoms with Gasteiger partial charge < -0.3 is 9.47 Å². The third-order valence-electron chi connectivity index (χ3n) is 7.85. The summed E-state index contributed by atoms with van der Waals surface area (Å²) in [5.41, 5.74) is 0.798. The summed E-state index contributed by atoms with van der Waals surface area (Å²) < 4.78 is 68.7. The maximum atomic E-state index is 14.0. The maximum Gasteiger partial charge on any atom is 0.243 e. The van der Waals surface area contributed by atoms with Gasteiger partial charge in [-0.15, -0.1) is 0 Å². The van der Waals surface area contributed by atoms with Crippen molar-refractivity contribution in [1.82, 2.24) is 8.61 Å². The van der Waals surface area contributed by atoms with Crippen molar-refractivity contribution in [2.45, 2.75) is 93.1 Å². The van der Waals surface area contributed by atoms with E-state index in [-0.39, 0.29) is 28.4 Å². The lowest BCUT2D eigenvalue weighted by Crippen LogP contribution is -2.43. The highest BCUT2D eigenvalue weighted by atomic mass is 32.2. The summed E-state index contributed by atoms with van der Waals surface area (Å²) in [6.07, 6.45) is 8.14. The van der Waals surface area contributed by atoms with Crippen LogP contribution in [0.2, 0.25) is 0 Å². The van der Waals surface area contributed by atoms with Gasteiger partial charge in [0.1, 0.15) is 0 Å². The van der Waals surface area contributed by atoms with Gasteiger partial charge in [-0.2, -0.15) is 8.61 Å². The first-order valence-electron chi connectivity index (χ1n) is 13.6.